The number of ether oxygens (including phenoxy) is 2. The summed E-state index contributed by atoms with van der Waals surface area (Å²) in [5.41, 5.74) is 2.41. The van der Waals surface area contributed by atoms with Gasteiger partial charge in [0.05, 0.1) is 20.0 Å². The van der Waals surface area contributed by atoms with Gasteiger partial charge in [-0.25, -0.2) is 0 Å². The van der Waals surface area contributed by atoms with Crippen molar-refractivity contribution in [2.75, 3.05) is 20.0 Å². The van der Waals surface area contributed by atoms with Gasteiger partial charge in [0, 0.05) is 16.8 Å². The maximum atomic E-state index is 13.0. The van der Waals surface area contributed by atoms with Gasteiger partial charge in [-0.15, -0.1) is 10.2 Å². The molecule has 0 saturated carbocycles. The van der Waals surface area contributed by atoms with E-state index < -0.39 is 0 Å². The highest BCUT2D eigenvalue weighted by molar-refractivity contribution is 7.99. The molecule has 0 amide bonds. The van der Waals surface area contributed by atoms with Gasteiger partial charge in [0.1, 0.15) is 11.5 Å². The lowest BCUT2D eigenvalue weighted by molar-refractivity contribution is 0.102. The van der Waals surface area contributed by atoms with E-state index in [1.807, 2.05) is 95.6 Å². The Hall–Kier alpha value is -4.10. The van der Waals surface area contributed by atoms with E-state index in [1.54, 1.807) is 14.2 Å². The number of methoxy groups -OCH3 is 2. The molecule has 1 heterocycles. The molecule has 1 aromatic heterocycles. The molecule has 0 aliphatic rings. The minimum atomic E-state index is 0.0352. The minimum absolute atomic E-state index is 0.0352. The molecular formula is C28H23N3O3S. The molecule has 35 heavy (non-hydrogen) atoms. The number of ketones is 1. The van der Waals surface area contributed by atoms with E-state index in [1.165, 1.54) is 11.8 Å². The zero-order valence-corrected chi connectivity index (χ0v) is 20.2. The second kappa shape index (κ2) is 10.0. The van der Waals surface area contributed by atoms with Crippen LogP contribution in [0.3, 0.4) is 0 Å². The van der Waals surface area contributed by atoms with Crippen LogP contribution in [0.4, 0.5) is 0 Å². The first-order valence-corrected chi connectivity index (χ1v) is 12.0. The Morgan fingerprint density at radius 2 is 1.57 bits per heavy atom. The van der Waals surface area contributed by atoms with E-state index in [4.69, 9.17) is 9.47 Å². The van der Waals surface area contributed by atoms with Crippen molar-refractivity contribution in [3.05, 3.63) is 96.6 Å². The van der Waals surface area contributed by atoms with Crippen molar-refractivity contribution in [3.63, 3.8) is 0 Å². The van der Waals surface area contributed by atoms with E-state index in [0.717, 1.165) is 33.5 Å². The predicted molar refractivity (Wildman–Crippen MR) is 139 cm³/mol. The third-order valence-electron chi connectivity index (χ3n) is 5.70. The molecule has 5 rings (SSSR count). The normalized spacial score (nSPS) is 10.9. The number of rotatable bonds is 8. The molecule has 0 bridgehead atoms. The molecule has 174 valence electrons. The highest BCUT2D eigenvalue weighted by Crippen LogP contribution is 2.31. The van der Waals surface area contributed by atoms with Crippen molar-refractivity contribution in [3.8, 4) is 28.6 Å². The van der Waals surface area contributed by atoms with Crippen molar-refractivity contribution in [1.82, 2.24) is 14.8 Å². The van der Waals surface area contributed by atoms with Crippen molar-refractivity contribution in [1.29, 1.82) is 0 Å². The lowest BCUT2D eigenvalue weighted by atomic mass is 10.1. The van der Waals surface area contributed by atoms with Crippen LogP contribution in [0, 0.1) is 0 Å². The van der Waals surface area contributed by atoms with Crippen LogP contribution in [0.15, 0.2) is 96.2 Å². The van der Waals surface area contributed by atoms with Gasteiger partial charge in [-0.05, 0) is 53.2 Å². The number of nitrogens with zero attached hydrogens (tertiary/aromatic N) is 3. The number of carbonyl (C=O) groups excluding carboxylic acids is 1. The zero-order valence-electron chi connectivity index (χ0n) is 19.3. The molecule has 0 atom stereocenters. The molecule has 7 heteroatoms. The quantitative estimate of drug-likeness (QED) is 0.198. The van der Waals surface area contributed by atoms with Gasteiger partial charge in [0.15, 0.2) is 16.8 Å². The predicted octanol–water partition coefficient (Wildman–Crippen LogP) is 6.08. The number of benzene rings is 4. The second-order valence-electron chi connectivity index (χ2n) is 7.85. The molecule has 4 aromatic carbocycles. The van der Waals surface area contributed by atoms with Crippen LogP contribution in [-0.4, -0.2) is 40.5 Å². The van der Waals surface area contributed by atoms with Crippen molar-refractivity contribution >= 4 is 28.3 Å². The van der Waals surface area contributed by atoms with E-state index in [2.05, 4.69) is 10.2 Å². The number of Topliss-reactive ketones (excluding diaryl/α,β-unsaturated/α-hetero) is 1. The van der Waals surface area contributed by atoms with Crippen molar-refractivity contribution < 1.29 is 14.3 Å². The van der Waals surface area contributed by atoms with Crippen LogP contribution < -0.4 is 9.47 Å². The standard InChI is InChI=1S/C28H23N3O3S/c1-33-24-14-12-23(13-15-24)31-27(22-8-5-9-25(17-22)34-2)29-30-28(31)35-18-26(32)21-11-10-19-6-3-4-7-20(19)16-21/h3-17H,18H2,1-2H3. The second-order valence-corrected chi connectivity index (χ2v) is 8.79. The topological polar surface area (TPSA) is 66.2 Å². The average Bonchev–Trinajstić information content (AvgIpc) is 3.35. The summed E-state index contributed by atoms with van der Waals surface area (Å²) in [7, 11) is 3.27. The molecule has 5 aromatic rings. The Kier molecular flexibility index (Phi) is 6.50. The van der Waals surface area contributed by atoms with Crippen LogP contribution in [0.25, 0.3) is 27.8 Å². The highest BCUT2D eigenvalue weighted by atomic mass is 32.2. The van der Waals surface area contributed by atoms with Gasteiger partial charge in [0.25, 0.3) is 0 Å². The van der Waals surface area contributed by atoms with Gasteiger partial charge < -0.3 is 9.47 Å². The Labute approximate surface area is 207 Å². The van der Waals surface area contributed by atoms with E-state index in [0.29, 0.717) is 16.5 Å². The number of fused-ring (bicyclic) bond motifs is 1. The van der Waals surface area contributed by atoms with E-state index >= 15 is 0 Å². The molecule has 0 aliphatic heterocycles. The number of thioether (sulfide) groups is 1. The fraction of sp³-hybridized carbons (Fsp3) is 0.107. The van der Waals surface area contributed by atoms with Gasteiger partial charge in [-0.2, -0.15) is 0 Å². The van der Waals surface area contributed by atoms with Gasteiger partial charge in [0.2, 0.25) is 0 Å². The smallest absolute Gasteiger partial charge is 0.196 e. The molecule has 0 N–H and O–H groups in total. The van der Waals surface area contributed by atoms with Crippen LogP contribution in [0.2, 0.25) is 0 Å². The molecule has 0 fully saturated rings. The first-order valence-electron chi connectivity index (χ1n) is 11.1. The average molecular weight is 482 g/mol. The Balaban J connectivity index is 1.47. The molecule has 0 aliphatic carbocycles. The largest absolute Gasteiger partial charge is 0.497 e. The number of hydrogen-bond acceptors (Lipinski definition) is 6. The van der Waals surface area contributed by atoms with Gasteiger partial charge in [-0.1, -0.05) is 60.3 Å². The summed E-state index contributed by atoms with van der Waals surface area (Å²) >= 11 is 1.36. The lowest BCUT2D eigenvalue weighted by Gasteiger charge is -2.12. The highest BCUT2D eigenvalue weighted by Gasteiger charge is 2.18. The maximum Gasteiger partial charge on any atom is 0.196 e. The third kappa shape index (κ3) is 4.76. The van der Waals surface area contributed by atoms with Crippen molar-refractivity contribution in [2.24, 2.45) is 0 Å². The van der Waals surface area contributed by atoms with E-state index in [-0.39, 0.29) is 11.5 Å². The SMILES string of the molecule is COc1ccc(-n2c(SCC(=O)c3ccc4ccccc4c3)nnc2-c2cccc(OC)c2)cc1. The van der Waals surface area contributed by atoms with Crippen LogP contribution in [0.5, 0.6) is 11.5 Å². The van der Waals surface area contributed by atoms with Crippen LogP contribution in [0.1, 0.15) is 10.4 Å². The van der Waals surface area contributed by atoms with Gasteiger partial charge in [-0.3, -0.25) is 9.36 Å². The number of hydrogen-bond donors (Lipinski definition) is 0. The fourth-order valence-corrected chi connectivity index (χ4v) is 4.70. The monoisotopic (exact) mass is 481 g/mol. The summed E-state index contributed by atoms with van der Waals surface area (Å²) < 4.78 is 12.7. The van der Waals surface area contributed by atoms with Crippen molar-refractivity contribution in [2.45, 2.75) is 5.16 Å². The molecule has 0 saturated heterocycles. The minimum Gasteiger partial charge on any atom is -0.497 e. The summed E-state index contributed by atoms with van der Waals surface area (Å²) in [6.07, 6.45) is 0. The fourth-order valence-electron chi connectivity index (χ4n) is 3.85. The summed E-state index contributed by atoms with van der Waals surface area (Å²) in [4.78, 5) is 13.0. The van der Waals surface area contributed by atoms with E-state index in [9.17, 15) is 4.79 Å². The summed E-state index contributed by atoms with van der Waals surface area (Å²) in [6.45, 7) is 0. The molecule has 0 spiro atoms. The van der Waals surface area contributed by atoms with Crippen LogP contribution in [-0.2, 0) is 0 Å². The molecule has 0 radical (unpaired) electrons. The molecule has 6 nitrogen and oxygen atoms in total. The number of aromatic nitrogens is 3. The van der Waals surface area contributed by atoms with Crippen LogP contribution >= 0.6 is 11.8 Å². The first kappa shape index (κ1) is 22.7. The molecule has 0 unspecified atom stereocenters. The number of carbonyl (C=O) groups is 1. The maximum absolute atomic E-state index is 13.0. The van der Waals surface area contributed by atoms with Gasteiger partial charge >= 0.3 is 0 Å². The Morgan fingerprint density at radius 1 is 0.800 bits per heavy atom. The first-order chi connectivity index (χ1) is 17.2. The Morgan fingerprint density at radius 3 is 2.34 bits per heavy atom. The summed E-state index contributed by atoms with van der Waals surface area (Å²) in [6, 6.07) is 29.2. The Bertz CT molecular complexity index is 1500. The summed E-state index contributed by atoms with van der Waals surface area (Å²) in [5.74, 6) is 2.42. The lowest BCUT2D eigenvalue weighted by Crippen LogP contribution is -2.05. The summed E-state index contributed by atoms with van der Waals surface area (Å²) in [5, 5.41) is 11.7. The third-order valence-corrected chi connectivity index (χ3v) is 6.62. The zero-order chi connectivity index (χ0) is 24.2. The molecular weight excluding hydrogens is 458 g/mol.